The number of hydrogen-bond donors (Lipinski definition) is 1. The molecule has 0 spiro atoms. The minimum atomic E-state index is 0.681. The number of rotatable bonds is 3. The molecule has 2 N–H and O–H groups in total. The summed E-state index contributed by atoms with van der Waals surface area (Å²) in [7, 11) is 2.20. The normalized spacial score (nSPS) is 26.2. The Morgan fingerprint density at radius 2 is 2.12 bits per heavy atom. The average molecular weight is 239 g/mol. The summed E-state index contributed by atoms with van der Waals surface area (Å²) in [5.74, 6) is 0.916. The van der Waals surface area contributed by atoms with E-state index in [1.54, 1.807) is 0 Å². The van der Waals surface area contributed by atoms with Crippen LogP contribution in [-0.4, -0.2) is 23.0 Å². The summed E-state index contributed by atoms with van der Waals surface area (Å²) in [6.07, 6.45) is 5.40. The number of nitrogen functional groups attached to an aromatic ring is 1. The van der Waals surface area contributed by atoms with E-state index in [4.69, 9.17) is 5.73 Å². The van der Waals surface area contributed by atoms with Gasteiger partial charge in [-0.05, 0) is 38.6 Å². The third kappa shape index (κ3) is 2.95. The highest BCUT2D eigenvalue weighted by molar-refractivity contribution is 7.13. The minimum Gasteiger partial charge on any atom is -0.375 e. The lowest BCUT2D eigenvalue weighted by atomic mass is 9.87. The molecular weight excluding hydrogens is 218 g/mol. The number of nitrogens with two attached hydrogens (primary N) is 1. The van der Waals surface area contributed by atoms with Crippen LogP contribution >= 0.6 is 11.3 Å². The summed E-state index contributed by atoms with van der Waals surface area (Å²) in [6, 6.07) is 0.735. The van der Waals surface area contributed by atoms with Crippen molar-refractivity contribution in [2.45, 2.75) is 45.2 Å². The number of aromatic nitrogens is 1. The second-order valence-electron chi connectivity index (χ2n) is 5.01. The smallest absolute Gasteiger partial charge is 0.180 e. The molecule has 0 unspecified atom stereocenters. The molecule has 0 saturated heterocycles. The van der Waals surface area contributed by atoms with Crippen molar-refractivity contribution in [2.24, 2.45) is 5.92 Å². The van der Waals surface area contributed by atoms with Crippen LogP contribution in [-0.2, 0) is 6.54 Å². The van der Waals surface area contributed by atoms with E-state index in [2.05, 4.69) is 29.2 Å². The molecule has 0 aliphatic heterocycles. The Hall–Kier alpha value is -0.610. The molecule has 0 bridgehead atoms. The van der Waals surface area contributed by atoms with Crippen molar-refractivity contribution >= 4 is 16.5 Å². The molecule has 2 rings (SSSR count). The zero-order valence-corrected chi connectivity index (χ0v) is 11.0. The summed E-state index contributed by atoms with van der Waals surface area (Å²) in [6.45, 7) is 3.30. The number of thiazole rings is 1. The van der Waals surface area contributed by atoms with Crippen molar-refractivity contribution in [3.63, 3.8) is 0 Å². The monoisotopic (exact) mass is 239 g/mol. The van der Waals surface area contributed by atoms with Crippen LogP contribution in [0.25, 0.3) is 0 Å². The van der Waals surface area contributed by atoms with Crippen LogP contribution in [0.5, 0.6) is 0 Å². The molecule has 1 aromatic heterocycles. The van der Waals surface area contributed by atoms with Crippen LogP contribution in [0.3, 0.4) is 0 Å². The zero-order chi connectivity index (χ0) is 11.5. The maximum Gasteiger partial charge on any atom is 0.180 e. The van der Waals surface area contributed by atoms with E-state index in [9.17, 15) is 0 Å². The molecule has 16 heavy (non-hydrogen) atoms. The second-order valence-corrected chi connectivity index (χ2v) is 5.90. The van der Waals surface area contributed by atoms with Gasteiger partial charge in [-0.2, -0.15) is 0 Å². The van der Waals surface area contributed by atoms with Gasteiger partial charge in [0.1, 0.15) is 0 Å². The Morgan fingerprint density at radius 3 is 2.69 bits per heavy atom. The van der Waals surface area contributed by atoms with E-state index in [0.717, 1.165) is 24.2 Å². The summed E-state index contributed by atoms with van der Waals surface area (Å²) in [4.78, 5) is 6.75. The standard InChI is InChI=1S/C12H21N3S/c1-9-3-5-11(6-4-9)15(2)7-10-8-16-12(13)14-10/h8-9,11H,3-7H2,1-2H3,(H2,13,14). The molecular formula is C12H21N3S. The van der Waals surface area contributed by atoms with Gasteiger partial charge in [0.25, 0.3) is 0 Å². The van der Waals surface area contributed by atoms with Gasteiger partial charge < -0.3 is 5.73 Å². The maximum absolute atomic E-state index is 5.64. The van der Waals surface area contributed by atoms with Crippen LogP contribution in [0.2, 0.25) is 0 Å². The van der Waals surface area contributed by atoms with E-state index in [1.165, 1.54) is 37.0 Å². The van der Waals surface area contributed by atoms with Gasteiger partial charge in [-0.1, -0.05) is 6.92 Å². The quantitative estimate of drug-likeness (QED) is 0.882. The van der Waals surface area contributed by atoms with Gasteiger partial charge in [-0.25, -0.2) is 4.98 Å². The van der Waals surface area contributed by atoms with Crippen LogP contribution in [0, 0.1) is 5.92 Å². The highest BCUT2D eigenvalue weighted by Gasteiger charge is 2.21. The van der Waals surface area contributed by atoms with Gasteiger partial charge >= 0.3 is 0 Å². The fourth-order valence-corrected chi connectivity index (χ4v) is 3.02. The van der Waals surface area contributed by atoms with Gasteiger partial charge in [-0.3, -0.25) is 4.90 Å². The molecule has 1 fully saturated rings. The van der Waals surface area contributed by atoms with E-state index >= 15 is 0 Å². The Labute approximate surface area is 102 Å². The Morgan fingerprint density at radius 1 is 1.44 bits per heavy atom. The topological polar surface area (TPSA) is 42.1 Å². The fraction of sp³-hybridized carbons (Fsp3) is 0.750. The first-order valence-electron chi connectivity index (χ1n) is 6.05. The molecule has 0 amide bonds. The van der Waals surface area contributed by atoms with Crippen molar-refractivity contribution in [1.29, 1.82) is 0 Å². The largest absolute Gasteiger partial charge is 0.375 e. The molecule has 1 aliphatic rings. The molecule has 1 saturated carbocycles. The van der Waals surface area contributed by atoms with Crippen LogP contribution in [0.15, 0.2) is 5.38 Å². The Balaban J connectivity index is 1.85. The van der Waals surface area contributed by atoms with E-state index in [1.807, 2.05) is 0 Å². The molecule has 4 heteroatoms. The van der Waals surface area contributed by atoms with Gasteiger partial charge in [0.05, 0.1) is 5.69 Å². The zero-order valence-electron chi connectivity index (χ0n) is 10.1. The predicted octanol–water partition coefficient (Wildman–Crippen LogP) is 2.74. The number of anilines is 1. The molecule has 1 aliphatic carbocycles. The first-order valence-corrected chi connectivity index (χ1v) is 6.93. The Kier molecular flexibility index (Phi) is 3.82. The number of hydrogen-bond acceptors (Lipinski definition) is 4. The van der Waals surface area contributed by atoms with Gasteiger partial charge in [0.15, 0.2) is 5.13 Å². The lowest BCUT2D eigenvalue weighted by molar-refractivity contribution is 0.162. The maximum atomic E-state index is 5.64. The molecule has 0 atom stereocenters. The van der Waals surface area contributed by atoms with Crippen molar-refractivity contribution in [1.82, 2.24) is 9.88 Å². The number of nitrogens with zero attached hydrogens (tertiary/aromatic N) is 2. The van der Waals surface area contributed by atoms with Gasteiger partial charge in [-0.15, -0.1) is 11.3 Å². The summed E-state index contributed by atoms with van der Waals surface area (Å²) < 4.78 is 0. The summed E-state index contributed by atoms with van der Waals surface area (Å²) in [5.41, 5.74) is 6.75. The van der Waals surface area contributed by atoms with E-state index in [0.29, 0.717) is 5.13 Å². The average Bonchev–Trinajstić information content (AvgIpc) is 2.65. The third-order valence-corrected chi connectivity index (χ3v) is 4.31. The van der Waals surface area contributed by atoms with Gasteiger partial charge in [0, 0.05) is 18.0 Å². The summed E-state index contributed by atoms with van der Waals surface area (Å²) >= 11 is 1.53. The summed E-state index contributed by atoms with van der Waals surface area (Å²) in [5, 5.41) is 2.75. The van der Waals surface area contributed by atoms with Crippen molar-refractivity contribution in [3.8, 4) is 0 Å². The molecule has 0 radical (unpaired) electrons. The lowest BCUT2D eigenvalue weighted by Gasteiger charge is -2.33. The van der Waals surface area contributed by atoms with E-state index in [-0.39, 0.29) is 0 Å². The van der Waals surface area contributed by atoms with Crippen molar-refractivity contribution < 1.29 is 0 Å². The highest BCUT2D eigenvalue weighted by Crippen LogP contribution is 2.27. The van der Waals surface area contributed by atoms with Gasteiger partial charge in [0.2, 0.25) is 0 Å². The SMILES string of the molecule is CC1CCC(N(C)Cc2csc(N)n2)CC1. The van der Waals surface area contributed by atoms with Crippen LogP contribution < -0.4 is 5.73 Å². The highest BCUT2D eigenvalue weighted by atomic mass is 32.1. The molecule has 90 valence electrons. The van der Waals surface area contributed by atoms with Crippen molar-refractivity contribution in [3.05, 3.63) is 11.1 Å². The lowest BCUT2D eigenvalue weighted by Crippen LogP contribution is -2.34. The molecule has 0 aromatic carbocycles. The van der Waals surface area contributed by atoms with Crippen LogP contribution in [0.1, 0.15) is 38.3 Å². The molecule has 1 aromatic rings. The molecule has 3 nitrogen and oxygen atoms in total. The van der Waals surface area contributed by atoms with Crippen molar-refractivity contribution in [2.75, 3.05) is 12.8 Å². The third-order valence-electron chi connectivity index (χ3n) is 3.59. The fourth-order valence-electron chi connectivity index (χ4n) is 2.46. The second kappa shape index (κ2) is 5.15. The predicted molar refractivity (Wildman–Crippen MR) is 69.4 cm³/mol. The molecule has 1 heterocycles. The first kappa shape index (κ1) is 11.9. The van der Waals surface area contributed by atoms with E-state index < -0.39 is 0 Å². The minimum absolute atomic E-state index is 0.681. The first-order chi connectivity index (χ1) is 7.65. The van der Waals surface area contributed by atoms with Crippen LogP contribution in [0.4, 0.5) is 5.13 Å². The Bertz CT molecular complexity index is 329.